The first-order valence-corrected chi connectivity index (χ1v) is 8.12. The topological polar surface area (TPSA) is 56.1 Å². The van der Waals surface area contributed by atoms with Crippen LogP contribution >= 0.6 is 0 Å². The van der Waals surface area contributed by atoms with Crippen molar-refractivity contribution in [1.29, 1.82) is 0 Å². The number of hydrogen-bond donors (Lipinski definition) is 0. The number of aryl methyl sites for hydroxylation is 1. The van der Waals surface area contributed by atoms with Crippen LogP contribution in [0.3, 0.4) is 0 Å². The van der Waals surface area contributed by atoms with E-state index < -0.39 is 15.4 Å². The van der Waals surface area contributed by atoms with Crippen molar-refractivity contribution < 1.29 is 13.2 Å². The maximum absolute atomic E-state index is 12.7. The van der Waals surface area contributed by atoms with Crippen molar-refractivity contribution >= 4 is 15.8 Å². The smallest absolute Gasteiger partial charge is 0.268 e. The molecule has 4 nitrogen and oxygen atoms in total. The first-order valence-electron chi connectivity index (χ1n) is 6.68. The fraction of sp³-hybridized carbons (Fsp3) is 0.312. The van der Waals surface area contributed by atoms with Crippen molar-refractivity contribution in [2.45, 2.75) is 32.6 Å². The molecule has 1 aromatic carbocycles. The highest BCUT2D eigenvalue weighted by molar-refractivity contribution is 7.90. The van der Waals surface area contributed by atoms with Gasteiger partial charge in [0.05, 0.1) is 4.90 Å². The fourth-order valence-electron chi connectivity index (χ4n) is 1.96. The summed E-state index contributed by atoms with van der Waals surface area (Å²) < 4.78 is 26.4. The Balaban J connectivity index is 2.55. The standard InChI is InChI=1S/C16H19NO3S/c1-12-7-9-13(10-8-12)21(19,20)17-11-5-6-14(17)15(18)16(2,3)4/h5-11H,1-4H3. The van der Waals surface area contributed by atoms with Crippen LogP contribution in [-0.4, -0.2) is 18.2 Å². The van der Waals surface area contributed by atoms with Crippen LogP contribution in [0.1, 0.15) is 36.8 Å². The maximum Gasteiger partial charge on any atom is 0.268 e. The van der Waals surface area contributed by atoms with Gasteiger partial charge in [-0.2, -0.15) is 0 Å². The van der Waals surface area contributed by atoms with E-state index in [0.29, 0.717) is 0 Å². The van der Waals surface area contributed by atoms with Gasteiger partial charge in [0.15, 0.2) is 5.78 Å². The molecule has 1 heterocycles. The number of rotatable bonds is 3. The average molecular weight is 305 g/mol. The minimum absolute atomic E-state index is 0.173. The van der Waals surface area contributed by atoms with E-state index in [-0.39, 0.29) is 16.4 Å². The molecule has 0 aliphatic carbocycles. The van der Waals surface area contributed by atoms with Gasteiger partial charge in [-0.15, -0.1) is 0 Å². The van der Waals surface area contributed by atoms with E-state index in [9.17, 15) is 13.2 Å². The van der Waals surface area contributed by atoms with Crippen molar-refractivity contribution in [3.05, 3.63) is 53.9 Å². The third-order valence-electron chi connectivity index (χ3n) is 3.20. The van der Waals surface area contributed by atoms with E-state index in [0.717, 1.165) is 9.54 Å². The number of carbonyl (C=O) groups excluding carboxylic acids is 1. The van der Waals surface area contributed by atoms with Gasteiger partial charge in [-0.3, -0.25) is 4.79 Å². The van der Waals surface area contributed by atoms with Crippen LogP contribution in [0.25, 0.3) is 0 Å². The van der Waals surface area contributed by atoms with Gasteiger partial charge in [-0.25, -0.2) is 12.4 Å². The Bertz CT molecular complexity index is 763. The lowest BCUT2D eigenvalue weighted by molar-refractivity contribution is 0.0852. The Kier molecular flexibility index (Phi) is 3.80. The molecule has 2 rings (SSSR count). The molecule has 0 aliphatic rings. The number of nitrogens with zero attached hydrogens (tertiary/aromatic N) is 1. The Morgan fingerprint density at radius 3 is 2.14 bits per heavy atom. The van der Waals surface area contributed by atoms with Crippen molar-refractivity contribution in [1.82, 2.24) is 3.97 Å². The van der Waals surface area contributed by atoms with Gasteiger partial charge in [0, 0.05) is 11.6 Å². The molecular weight excluding hydrogens is 286 g/mol. The van der Waals surface area contributed by atoms with Crippen LogP contribution in [0.2, 0.25) is 0 Å². The summed E-state index contributed by atoms with van der Waals surface area (Å²) >= 11 is 0. The molecule has 0 aliphatic heterocycles. The van der Waals surface area contributed by atoms with E-state index in [1.807, 2.05) is 6.92 Å². The molecular formula is C16H19NO3S. The highest BCUT2D eigenvalue weighted by Crippen LogP contribution is 2.24. The molecule has 1 aromatic heterocycles. The van der Waals surface area contributed by atoms with Crippen LogP contribution < -0.4 is 0 Å². The first kappa shape index (κ1) is 15.5. The lowest BCUT2D eigenvalue weighted by atomic mass is 9.89. The van der Waals surface area contributed by atoms with Gasteiger partial charge in [-0.05, 0) is 31.2 Å². The van der Waals surface area contributed by atoms with Crippen LogP contribution in [0.5, 0.6) is 0 Å². The Hall–Kier alpha value is -1.88. The normalized spacial score (nSPS) is 12.4. The maximum atomic E-state index is 12.7. The van der Waals surface area contributed by atoms with E-state index in [1.54, 1.807) is 57.2 Å². The molecule has 5 heteroatoms. The Morgan fingerprint density at radius 2 is 1.62 bits per heavy atom. The van der Waals surface area contributed by atoms with E-state index in [4.69, 9.17) is 0 Å². The number of Topliss-reactive ketones (excluding diaryl/α,β-unsaturated/α-hetero) is 1. The fourth-order valence-corrected chi connectivity index (χ4v) is 3.30. The highest BCUT2D eigenvalue weighted by Gasteiger charge is 2.29. The van der Waals surface area contributed by atoms with Crippen molar-refractivity contribution in [3.63, 3.8) is 0 Å². The summed E-state index contributed by atoms with van der Waals surface area (Å²) in [6.45, 7) is 7.20. The lowest BCUT2D eigenvalue weighted by Crippen LogP contribution is -2.26. The second-order valence-corrected chi connectivity index (χ2v) is 7.90. The van der Waals surface area contributed by atoms with E-state index in [2.05, 4.69) is 0 Å². The van der Waals surface area contributed by atoms with Crippen molar-refractivity contribution in [3.8, 4) is 0 Å². The molecule has 0 saturated heterocycles. The minimum atomic E-state index is -3.75. The SMILES string of the molecule is Cc1ccc(S(=O)(=O)n2cccc2C(=O)C(C)(C)C)cc1. The van der Waals surface area contributed by atoms with Crippen LogP contribution in [0.4, 0.5) is 0 Å². The van der Waals surface area contributed by atoms with Crippen LogP contribution in [0.15, 0.2) is 47.5 Å². The number of carbonyl (C=O) groups is 1. The number of hydrogen-bond acceptors (Lipinski definition) is 3. The highest BCUT2D eigenvalue weighted by atomic mass is 32.2. The monoisotopic (exact) mass is 305 g/mol. The van der Waals surface area contributed by atoms with Gasteiger partial charge >= 0.3 is 0 Å². The second kappa shape index (κ2) is 5.15. The van der Waals surface area contributed by atoms with Crippen LogP contribution in [0, 0.1) is 12.3 Å². The molecule has 21 heavy (non-hydrogen) atoms. The molecule has 0 bridgehead atoms. The second-order valence-electron chi connectivity index (χ2n) is 6.09. The zero-order valence-electron chi connectivity index (χ0n) is 12.6. The van der Waals surface area contributed by atoms with Gasteiger partial charge in [-0.1, -0.05) is 38.5 Å². The van der Waals surface area contributed by atoms with E-state index >= 15 is 0 Å². The summed E-state index contributed by atoms with van der Waals surface area (Å²) in [5.74, 6) is -0.205. The van der Waals surface area contributed by atoms with Crippen molar-refractivity contribution in [2.24, 2.45) is 5.41 Å². The molecule has 0 atom stereocenters. The number of aromatic nitrogens is 1. The molecule has 0 N–H and O–H groups in total. The zero-order chi connectivity index (χ0) is 15.8. The summed E-state index contributed by atoms with van der Waals surface area (Å²) in [7, 11) is -3.75. The van der Waals surface area contributed by atoms with Crippen molar-refractivity contribution in [2.75, 3.05) is 0 Å². The molecule has 112 valence electrons. The first-order chi connectivity index (χ1) is 9.64. The number of ketones is 1. The molecule has 0 spiro atoms. The molecule has 2 aromatic rings. The van der Waals surface area contributed by atoms with E-state index in [1.165, 1.54) is 6.20 Å². The molecule has 0 radical (unpaired) electrons. The largest absolute Gasteiger partial charge is 0.292 e. The predicted molar refractivity (Wildman–Crippen MR) is 82.0 cm³/mol. The predicted octanol–water partition coefficient (Wildman–Crippen LogP) is 3.26. The average Bonchev–Trinajstić information content (AvgIpc) is 2.87. The molecule has 0 amide bonds. The van der Waals surface area contributed by atoms with Gasteiger partial charge in [0.2, 0.25) is 0 Å². The lowest BCUT2D eigenvalue weighted by Gasteiger charge is -2.18. The quantitative estimate of drug-likeness (QED) is 0.818. The van der Waals surface area contributed by atoms with Gasteiger partial charge in [0.1, 0.15) is 5.69 Å². The Labute approximate surface area is 125 Å². The van der Waals surface area contributed by atoms with Gasteiger partial charge in [0.25, 0.3) is 10.0 Å². The van der Waals surface area contributed by atoms with Crippen LogP contribution in [-0.2, 0) is 10.0 Å². The number of benzene rings is 1. The summed E-state index contributed by atoms with van der Waals surface area (Å²) in [4.78, 5) is 12.6. The van der Waals surface area contributed by atoms with Gasteiger partial charge < -0.3 is 0 Å². The Morgan fingerprint density at radius 1 is 1.05 bits per heavy atom. The molecule has 0 fully saturated rings. The third kappa shape index (κ3) is 2.93. The summed E-state index contributed by atoms with van der Waals surface area (Å²) in [5, 5.41) is 0. The summed E-state index contributed by atoms with van der Waals surface area (Å²) in [6, 6.07) is 9.69. The molecule has 0 unspecified atom stereocenters. The zero-order valence-corrected chi connectivity index (χ0v) is 13.4. The third-order valence-corrected chi connectivity index (χ3v) is 4.91. The summed E-state index contributed by atoms with van der Waals surface area (Å²) in [6.07, 6.45) is 1.41. The summed E-state index contributed by atoms with van der Waals surface area (Å²) in [5.41, 5.74) is 0.523. The molecule has 0 saturated carbocycles. The minimum Gasteiger partial charge on any atom is -0.292 e.